The Morgan fingerprint density at radius 3 is 2.81 bits per heavy atom. The predicted molar refractivity (Wildman–Crippen MR) is 73.9 cm³/mol. The van der Waals surface area contributed by atoms with Gasteiger partial charge in [-0.1, -0.05) is 11.6 Å². The lowest BCUT2D eigenvalue weighted by Crippen LogP contribution is -2.32. The summed E-state index contributed by atoms with van der Waals surface area (Å²) in [4.78, 5) is 9.16. The fourth-order valence-electron chi connectivity index (χ4n) is 2.02. The fourth-order valence-corrected chi connectivity index (χ4v) is 3.71. The van der Waals surface area contributed by atoms with E-state index in [2.05, 4.69) is 4.72 Å². The normalized spacial score (nSPS) is 18.8. The van der Waals surface area contributed by atoms with Gasteiger partial charge < -0.3 is 9.84 Å². The van der Waals surface area contributed by atoms with E-state index in [9.17, 15) is 23.6 Å². The first-order valence-electron chi connectivity index (χ1n) is 6.10. The number of nitro groups is 1. The van der Waals surface area contributed by atoms with Crippen LogP contribution < -0.4 is 4.72 Å². The van der Waals surface area contributed by atoms with Gasteiger partial charge in [0.25, 0.3) is 0 Å². The van der Waals surface area contributed by atoms with Gasteiger partial charge in [0.1, 0.15) is 4.90 Å². The van der Waals surface area contributed by atoms with Crippen LogP contribution in [-0.2, 0) is 14.8 Å². The maximum Gasteiger partial charge on any atom is 0.312 e. The van der Waals surface area contributed by atoms with Gasteiger partial charge in [-0.15, -0.1) is 0 Å². The summed E-state index contributed by atoms with van der Waals surface area (Å²) in [6.07, 6.45) is 1.31. The third-order valence-electron chi connectivity index (χ3n) is 3.05. The van der Waals surface area contributed by atoms with Gasteiger partial charge in [-0.05, 0) is 18.9 Å². The second kappa shape index (κ2) is 6.14. The van der Waals surface area contributed by atoms with Crippen LogP contribution in [0.15, 0.2) is 17.0 Å². The van der Waals surface area contributed by atoms with Crippen molar-refractivity contribution in [3.05, 3.63) is 27.3 Å². The summed E-state index contributed by atoms with van der Waals surface area (Å²) >= 11 is 5.75. The molecule has 0 radical (unpaired) electrons. The Hall–Kier alpha value is -1.42. The Morgan fingerprint density at radius 2 is 2.24 bits per heavy atom. The molecule has 1 aromatic rings. The molecule has 0 amide bonds. The minimum Gasteiger partial charge on any atom is -0.501 e. The number of sulfonamides is 1. The molecule has 0 saturated carbocycles. The number of hydrogen-bond donors (Lipinski definition) is 2. The standard InChI is InChI=1S/C11H13ClN2O6S/c12-8-3-4-9(14(16)17)10(15)11(8)21(18,19)13-6-7-2-1-5-20-7/h3-4,7,13,15H,1-2,5-6H2. The van der Waals surface area contributed by atoms with E-state index in [4.69, 9.17) is 16.3 Å². The Balaban J connectivity index is 2.30. The van der Waals surface area contributed by atoms with Crippen molar-refractivity contribution in [2.24, 2.45) is 0 Å². The molecule has 1 fully saturated rings. The van der Waals surface area contributed by atoms with Crippen LogP contribution in [0.1, 0.15) is 12.8 Å². The Kier molecular flexibility index (Phi) is 4.67. The molecule has 2 rings (SSSR count). The average Bonchev–Trinajstić information content (AvgIpc) is 2.89. The molecule has 1 atom stereocenters. The molecule has 116 valence electrons. The van der Waals surface area contributed by atoms with Crippen molar-refractivity contribution in [1.29, 1.82) is 0 Å². The molecule has 1 aliphatic heterocycles. The molecule has 1 heterocycles. The van der Waals surface area contributed by atoms with Crippen LogP contribution in [0.3, 0.4) is 0 Å². The van der Waals surface area contributed by atoms with Gasteiger partial charge in [0.15, 0.2) is 0 Å². The van der Waals surface area contributed by atoms with E-state index in [1.54, 1.807) is 0 Å². The van der Waals surface area contributed by atoms with Crippen LogP contribution in [0, 0.1) is 10.1 Å². The van der Waals surface area contributed by atoms with Crippen molar-refractivity contribution < 1.29 is 23.2 Å². The Morgan fingerprint density at radius 1 is 1.52 bits per heavy atom. The summed E-state index contributed by atoms with van der Waals surface area (Å²) in [6.45, 7) is 0.579. The van der Waals surface area contributed by atoms with Crippen molar-refractivity contribution in [3.8, 4) is 5.75 Å². The monoisotopic (exact) mass is 336 g/mol. The van der Waals surface area contributed by atoms with Crippen molar-refractivity contribution in [2.45, 2.75) is 23.8 Å². The number of nitrogens with zero attached hydrogens (tertiary/aromatic N) is 1. The Labute approximate surface area is 125 Å². The first-order valence-corrected chi connectivity index (χ1v) is 7.96. The number of rotatable bonds is 5. The number of aromatic hydroxyl groups is 1. The molecule has 10 heteroatoms. The summed E-state index contributed by atoms with van der Waals surface area (Å²) in [5.74, 6) is -0.979. The van der Waals surface area contributed by atoms with E-state index < -0.39 is 31.3 Å². The van der Waals surface area contributed by atoms with Gasteiger partial charge in [-0.25, -0.2) is 13.1 Å². The summed E-state index contributed by atoms with van der Waals surface area (Å²) in [5.41, 5.74) is -0.725. The summed E-state index contributed by atoms with van der Waals surface area (Å²) < 4.78 is 31.9. The second-order valence-corrected chi connectivity index (χ2v) is 6.60. The SMILES string of the molecule is O=[N+]([O-])c1ccc(Cl)c(S(=O)(=O)NCC2CCCO2)c1O. The van der Waals surface area contributed by atoms with Crippen LogP contribution in [-0.4, -0.2) is 37.7 Å². The molecule has 1 unspecified atom stereocenters. The van der Waals surface area contributed by atoms with Crippen LogP contribution in [0.5, 0.6) is 5.75 Å². The highest BCUT2D eigenvalue weighted by molar-refractivity contribution is 7.89. The molecular formula is C11H13ClN2O6S. The van der Waals surface area contributed by atoms with E-state index in [1.807, 2.05) is 0 Å². The number of phenols is 1. The number of phenolic OH excluding ortho intramolecular Hbond substituents is 1. The highest BCUT2D eigenvalue weighted by atomic mass is 35.5. The molecule has 0 aliphatic carbocycles. The van der Waals surface area contributed by atoms with Crippen LogP contribution in [0.4, 0.5) is 5.69 Å². The number of nitro benzene ring substituents is 1. The first-order chi connectivity index (χ1) is 9.83. The molecule has 2 N–H and O–H groups in total. The number of hydrogen-bond acceptors (Lipinski definition) is 6. The van der Waals surface area contributed by atoms with Gasteiger partial charge in [-0.2, -0.15) is 0 Å². The topological polar surface area (TPSA) is 119 Å². The highest BCUT2D eigenvalue weighted by Gasteiger charge is 2.30. The van der Waals surface area contributed by atoms with E-state index in [0.29, 0.717) is 6.61 Å². The van der Waals surface area contributed by atoms with Crippen LogP contribution in [0.25, 0.3) is 0 Å². The van der Waals surface area contributed by atoms with E-state index in [-0.39, 0.29) is 17.7 Å². The molecule has 21 heavy (non-hydrogen) atoms. The molecule has 0 bridgehead atoms. The third-order valence-corrected chi connectivity index (χ3v) is 4.98. The van der Waals surface area contributed by atoms with Crippen LogP contribution >= 0.6 is 11.6 Å². The zero-order chi connectivity index (χ0) is 15.6. The molecule has 0 spiro atoms. The lowest BCUT2D eigenvalue weighted by Gasteiger charge is -2.13. The third kappa shape index (κ3) is 3.43. The number of halogens is 1. The number of benzene rings is 1. The predicted octanol–water partition coefficient (Wildman–Crippen LogP) is 1.41. The maximum absolute atomic E-state index is 12.2. The van der Waals surface area contributed by atoms with Crippen molar-refractivity contribution in [3.63, 3.8) is 0 Å². The van der Waals surface area contributed by atoms with E-state index in [1.165, 1.54) is 0 Å². The van der Waals surface area contributed by atoms with Crippen molar-refractivity contribution >= 4 is 27.3 Å². The van der Waals surface area contributed by atoms with Gasteiger partial charge >= 0.3 is 5.69 Å². The largest absolute Gasteiger partial charge is 0.501 e. The Bertz CT molecular complexity index is 657. The zero-order valence-electron chi connectivity index (χ0n) is 10.8. The fraction of sp³-hybridized carbons (Fsp3) is 0.455. The number of ether oxygens (including phenoxy) is 1. The van der Waals surface area contributed by atoms with Crippen molar-refractivity contribution in [1.82, 2.24) is 4.72 Å². The molecule has 1 aromatic carbocycles. The highest BCUT2D eigenvalue weighted by Crippen LogP contribution is 2.37. The molecule has 8 nitrogen and oxygen atoms in total. The minimum absolute atomic E-state index is 0.0147. The lowest BCUT2D eigenvalue weighted by molar-refractivity contribution is -0.386. The molecule has 0 aromatic heterocycles. The molecule has 1 aliphatic rings. The summed E-state index contributed by atoms with van der Waals surface area (Å²) in [7, 11) is -4.18. The number of nitrogens with one attached hydrogen (secondary N) is 1. The quantitative estimate of drug-likeness (QED) is 0.620. The average molecular weight is 337 g/mol. The van der Waals surface area contributed by atoms with Gasteiger partial charge in [0, 0.05) is 19.2 Å². The van der Waals surface area contributed by atoms with E-state index in [0.717, 1.165) is 25.0 Å². The maximum atomic E-state index is 12.2. The summed E-state index contributed by atoms with van der Waals surface area (Å²) in [5, 5.41) is 20.2. The van der Waals surface area contributed by atoms with Crippen molar-refractivity contribution in [2.75, 3.05) is 13.2 Å². The first kappa shape index (κ1) is 16.0. The molecular weight excluding hydrogens is 324 g/mol. The van der Waals surface area contributed by atoms with Crippen LogP contribution in [0.2, 0.25) is 5.02 Å². The smallest absolute Gasteiger partial charge is 0.312 e. The van der Waals surface area contributed by atoms with Gasteiger partial charge in [-0.3, -0.25) is 10.1 Å². The summed E-state index contributed by atoms with van der Waals surface area (Å²) in [6, 6.07) is 2.00. The second-order valence-electron chi connectivity index (χ2n) is 4.49. The van der Waals surface area contributed by atoms with Gasteiger partial charge in [0.05, 0.1) is 16.0 Å². The van der Waals surface area contributed by atoms with E-state index >= 15 is 0 Å². The molecule has 1 saturated heterocycles. The lowest BCUT2D eigenvalue weighted by atomic mass is 10.2. The minimum atomic E-state index is -4.18. The zero-order valence-corrected chi connectivity index (χ0v) is 12.4. The van der Waals surface area contributed by atoms with Gasteiger partial charge in [0.2, 0.25) is 15.8 Å².